The highest BCUT2D eigenvalue weighted by Gasteiger charge is 2.13. The maximum absolute atomic E-state index is 4.82. The lowest BCUT2D eigenvalue weighted by Crippen LogP contribution is -2.01. The Morgan fingerprint density at radius 1 is 1.06 bits per heavy atom. The molecule has 0 amide bonds. The highest BCUT2D eigenvalue weighted by molar-refractivity contribution is 5.65. The van der Waals surface area contributed by atoms with E-state index in [1.807, 2.05) is 24.1 Å². The van der Waals surface area contributed by atoms with Crippen LogP contribution in [0.2, 0.25) is 0 Å². The first-order valence-electron chi connectivity index (χ1n) is 6.49. The summed E-state index contributed by atoms with van der Waals surface area (Å²) in [7, 11) is 1.94. The van der Waals surface area contributed by atoms with Gasteiger partial charge in [-0.25, -0.2) is 0 Å². The number of pyridine rings is 1. The molecule has 0 spiro atoms. The van der Waals surface area contributed by atoms with Crippen molar-refractivity contribution in [2.45, 2.75) is 39.5 Å². The minimum Gasteiger partial charge on any atom is -0.275 e. The van der Waals surface area contributed by atoms with Crippen LogP contribution in [-0.2, 0) is 7.05 Å². The van der Waals surface area contributed by atoms with E-state index in [2.05, 4.69) is 44.9 Å². The molecule has 3 heteroatoms. The molecule has 18 heavy (non-hydrogen) atoms. The number of hydrogen-bond donors (Lipinski definition) is 0. The minimum atomic E-state index is 0.416. The molecule has 0 aliphatic rings. The zero-order valence-corrected chi connectivity index (χ0v) is 11.8. The maximum Gasteiger partial charge on any atom is 0.0568 e. The third-order valence-corrected chi connectivity index (χ3v) is 3.10. The molecule has 0 fully saturated rings. The molecule has 2 heterocycles. The van der Waals surface area contributed by atoms with Crippen LogP contribution in [0.25, 0.3) is 11.1 Å². The molecule has 96 valence electrons. The van der Waals surface area contributed by atoms with Crippen LogP contribution in [-0.4, -0.2) is 14.8 Å². The predicted octanol–water partition coefficient (Wildman–Crippen LogP) is 3.73. The fourth-order valence-electron chi connectivity index (χ4n) is 2.06. The van der Waals surface area contributed by atoms with Crippen molar-refractivity contribution in [2.75, 3.05) is 0 Å². The van der Waals surface area contributed by atoms with Crippen LogP contribution < -0.4 is 0 Å². The van der Waals surface area contributed by atoms with E-state index in [9.17, 15) is 0 Å². The van der Waals surface area contributed by atoms with Gasteiger partial charge in [-0.1, -0.05) is 33.8 Å². The molecule has 2 rings (SSSR count). The highest BCUT2D eigenvalue weighted by atomic mass is 15.2. The molecule has 0 atom stereocenters. The van der Waals surface area contributed by atoms with Crippen LogP contribution in [0.4, 0.5) is 0 Å². The summed E-state index contributed by atoms with van der Waals surface area (Å²) in [4.78, 5) is 4.82. The molecule has 0 bridgehead atoms. The van der Waals surface area contributed by atoms with Gasteiger partial charge in [0.1, 0.15) is 0 Å². The van der Waals surface area contributed by atoms with Crippen LogP contribution in [0.5, 0.6) is 0 Å². The number of aromatic nitrogens is 3. The molecule has 2 aromatic rings. The molecular weight excluding hydrogens is 222 g/mol. The average molecular weight is 243 g/mol. The van der Waals surface area contributed by atoms with Crippen LogP contribution in [0, 0.1) is 0 Å². The topological polar surface area (TPSA) is 30.7 Å². The fourth-order valence-corrected chi connectivity index (χ4v) is 2.06. The maximum atomic E-state index is 4.82. The van der Waals surface area contributed by atoms with Crippen LogP contribution in [0.1, 0.15) is 50.9 Å². The Hall–Kier alpha value is -1.64. The monoisotopic (exact) mass is 243 g/mol. The zero-order valence-electron chi connectivity index (χ0n) is 11.8. The molecule has 0 aromatic carbocycles. The van der Waals surface area contributed by atoms with Gasteiger partial charge in [-0.3, -0.25) is 9.67 Å². The zero-order chi connectivity index (χ0) is 13.3. The third kappa shape index (κ3) is 2.45. The third-order valence-electron chi connectivity index (χ3n) is 3.10. The van der Waals surface area contributed by atoms with Crippen molar-refractivity contribution in [3.8, 4) is 11.1 Å². The summed E-state index contributed by atoms with van der Waals surface area (Å²) in [5.41, 5.74) is 4.66. The van der Waals surface area contributed by atoms with E-state index in [-0.39, 0.29) is 0 Å². The van der Waals surface area contributed by atoms with Gasteiger partial charge in [-0.15, -0.1) is 0 Å². The normalized spacial score (nSPS) is 11.5. The van der Waals surface area contributed by atoms with Crippen molar-refractivity contribution in [1.29, 1.82) is 0 Å². The van der Waals surface area contributed by atoms with Gasteiger partial charge < -0.3 is 0 Å². The second kappa shape index (κ2) is 4.92. The Bertz CT molecular complexity index is 538. The summed E-state index contributed by atoms with van der Waals surface area (Å²) >= 11 is 0. The van der Waals surface area contributed by atoms with Crippen LogP contribution in [0.3, 0.4) is 0 Å². The van der Waals surface area contributed by atoms with Crippen molar-refractivity contribution < 1.29 is 0 Å². The van der Waals surface area contributed by atoms with Gasteiger partial charge in [0.05, 0.1) is 11.9 Å². The summed E-state index contributed by atoms with van der Waals surface area (Å²) in [6.45, 7) is 8.73. The Morgan fingerprint density at radius 2 is 1.78 bits per heavy atom. The lowest BCUT2D eigenvalue weighted by Gasteiger charge is -2.14. The van der Waals surface area contributed by atoms with Gasteiger partial charge >= 0.3 is 0 Å². The Labute approximate surface area is 109 Å². The number of rotatable bonds is 3. The smallest absolute Gasteiger partial charge is 0.0568 e. The molecule has 0 saturated heterocycles. The van der Waals surface area contributed by atoms with Gasteiger partial charge in [0.15, 0.2) is 0 Å². The molecule has 2 aromatic heterocycles. The first kappa shape index (κ1) is 12.8. The lowest BCUT2D eigenvalue weighted by molar-refractivity contribution is 0.765. The Kier molecular flexibility index (Phi) is 3.50. The number of aryl methyl sites for hydroxylation is 1. The van der Waals surface area contributed by atoms with E-state index in [0.29, 0.717) is 11.8 Å². The van der Waals surface area contributed by atoms with Crippen molar-refractivity contribution in [3.63, 3.8) is 0 Å². The van der Waals surface area contributed by atoms with Gasteiger partial charge in [0, 0.05) is 30.1 Å². The molecule has 0 aliphatic heterocycles. The molecule has 0 unspecified atom stereocenters. The Balaban J connectivity index is 2.53. The number of hydrogen-bond acceptors (Lipinski definition) is 2. The van der Waals surface area contributed by atoms with E-state index < -0.39 is 0 Å². The molecule has 3 nitrogen and oxygen atoms in total. The summed E-state index contributed by atoms with van der Waals surface area (Å²) < 4.78 is 1.83. The fraction of sp³-hybridized carbons (Fsp3) is 0.467. The molecule has 0 aliphatic carbocycles. The highest BCUT2D eigenvalue weighted by Crippen LogP contribution is 2.29. The lowest BCUT2D eigenvalue weighted by atomic mass is 9.97. The van der Waals surface area contributed by atoms with Gasteiger partial charge in [-0.05, 0) is 17.9 Å². The van der Waals surface area contributed by atoms with E-state index in [4.69, 9.17) is 4.98 Å². The summed E-state index contributed by atoms with van der Waals surface area (Å²) in [5.74, 6) is 0.879. The van der Waals surface area contributed by atoms with Gasteiger partial charge in [0.2, 0.25) is 0 Å². The summed E-state index contributed by atoms with van der Waals surface area (Å²) in [5, 5.41) is 4.24. The summed E-state index contributed by atoms with van der Waals surface area (Å²) in [6, 6.07) is 4.30. The average Bonchev–Trinajstić information content (AvgIpc) is 2.74. The van der Waals surface area contributed by atoms with Gasteiger partial charge in [0.25, 0.3) is 0 Å². The van der Waals surface area contributed by atoms with Crippen molar-refractivity contribution >= 4 is 0 Å². The Morgan fingerprint density at radius 3 is 2.28 bits per heavy atom. The van der Waals surface area contributed by atoms with E-state index in [0.717, 1.165) is 17.0 Å². The van der Waals surface area contributed by atoms with Crippen LogP contribution in [0.15, 0.2) is 24.5 Å². The number of nitrogens with zero attached hydrogens (tertiary/aromatic N) is 3. The van der Waals surface area contributed by atoms with E-state index in [1.54, 1.807) is 0 Å². The van der Waals surface area contributed by atoms with Crippen molar-refractivity contribution in [1.82, 2.24) is 14.8 Å². The first-order valence-corrected chi connectivity index (χ1v) is 6.49. The molecule has 0 N–H and O–H groups in total. The summed E-state index contributed by atoms with van der Waals surface area (Å²) in [6.07, 6.45) is 3.94. The standard InChI is InChI=1S/C15H21N3/c1-10(2)14-7-6-13(15(17-14)11(3)4)12-8-16-18(5)9-12/h6-11H,1-5H3. The van der Waals surface area contributed by atoms with Crippen molar-refractivity contribution in [2.24, 2.45) is 7.05 Å². The van der Waals surface area contributed by atoms with Gasteiger partial charge in [-0.2, -0.15) is 5.10 Å². The quantitative estimate of drug-likeness (QED) is 0.822. The SMILES string of the molecule is CC(C)c1ccc(-c2cnn(C)c2)c(C(C)C)n1. The van der Waals surface area contributed by atoms with E-state index in [1.165, 1.54) is 5.56 Å². The van der Waals surface area contributed by atoms with Crippen molar-refractivity contribution in [3.05, 3.63) is 35.9 Å². The second-order valence-corrected chi connectivity index (χ2v) is 5.38. The molecule has 0 radical (unpaired) electrons. The minimum absolute atomic E-state index is 0.416. The molecular formula is C15H21N3. The van der Waals surface area contributed by atoms with E-state index >= 15 is 0 Å². The largest absolute Gasteiger partial charge is 0.275 e. The second-order valence-electron chi connectivity index (χ2n) is 5.38. The van der Waals surface area contributed by atoms with Crippen LogP contribution >= 0.6 is 0 Å². The predicted molar refractivity (Wildman–Crippen MR) is 74.6 cm³/mol. The molecule has 0 saturated carbocycles. The first-order chi connectivity index (χ1) is 8.49.